The predicted molar refractivity (Wildman–Crippen MR) is 221 cm³/mol. The first-order valence-corrected chi connectivity index (χ1v) is 18.2. The number of furan rings is 1. The van der Waals surface area contributed by atoms with Gasteiger partial charge in [-0.05, 0) is 41.5 Å². The summed E-state index contributed by atoms with van der Waals surface area (Å²) >= 11 is 0. The van der Waals surface area contributed by atoms with Crippen LogP contribution in [0.2, 0.25) is 0 Å². The molecule has 0 amide bonds. The van der Waals surface area contributed by atoms with E-state index in [0.717, 1.165) is 77.8 Å². The number of benzene rings is 7. The van der Waals surface area contributed by atoms with Crippen molar-refractivity contribution in [2.45, 2.75) is 0 Å². The van der Waals surface area contributed by atoms with Gasteiger partial charge in [0.25, 0.3) is 0 Å². The first-order chi connectivity index (χ1) is 27.2. The third-order valence-corrected chi connectivity index (χ3v) is 9.78. The van der Waals surface area contributed by atoms with Gasteiger partial charge < -0.3 is 4.42 Å². The summed E-state index contributed by atoms with van der Waals surface area (Å²) in [7, 11) is 0. The molecule has 0 aliphatic rings. The highest BCUT2D eigenvalue weighted by Gasteiger charge is 2.19. The maximum Gasteiger partial charge on any atom is 0.164 e. The van der Waals surface area contributed by atoms with Crippen molar-refractivity contribution in [3.05, 3.63) is 188 Å². The Hall–Kier alpha value is -7.57. The zero-order chi connectivity index (χ0) is 36.6. The number of aromatic nitrogens is 5. The second kappa shape index (κ2) is 13.8. The summed E-state index contributed by atoms with van der Waals surface area (Å²) in [6.45, 7) is 0. The molecule has 0 saturated carbocycles. The van der Waals surface area contributed by atoms with Crippen LogP contribution >= 0.6 is 0 Å². The molecule has 10 rings (SSSR count). The zero-order valence-electron chi connectivity index (χ0n) is 29.5. The summed E-state index contributed by atoms with van der Waals surface area (Å²) in [6.07, 6.45) is 0. The highest BCUT2D eigenvalue weighted by atomic mass is 16.3. The summed E-state index contributed by atoms with van der Waals surface area (Å²) in [5.74, 6) is 2.37. The molecule has 3 aromatic heterocycles. The fourth-order valence-electron chi connectivity index (χ4n) is 7.03. The molecule has 6 nitrogen and oxygen atoms in total. The Labute approximate surface area is 317 Å². The number of rotatable bonds is 7. The lowest BCUT2D eigenvalue weighted by Crippen LogP contribution is -2.00. The van der Waals surface area contributed by atoms with Crippen molar-refractivity contribution in [2.75, 3.05) is 0 Å². The summed E-state index contributed by atoms with van der Waals surface area (Å²) in [5.41, 5.74) is 11.1. The average Bonchev–Trinajstić information content (AvgIpc) is 3.66. The number of hydrogen-bond acceptors (Lipinski definition) is 6. The van der Waals surface area contributed by atoms with Gasteiger partial charge in [0.2, 0.25) is 0 Å². The Morgan fingerprint density at radius 2 is 0.745 bits per heavy atom. The molecule has 7 aromatic carbocycles. The van der Waals surface area contributed by atoms with Gasteiger partial charge in [0.1, 0.15) is 11.2 Å². The van der Waals surface area contributed by atoms with E-state index in [4.69, 9.17) is 29.3 Å². The molecule has 0 aliphatic heterocycles. The third-order valence-electron chi connectivity index (χ3n) is 9.78. The van der Waals surface area contributed by atoms with Gasteiger partial charge in [-0.25, -0.2) is 24.9 Å². The van der Waals surface area contributed by atoms with E-state index in [1.54, 1.807) is 0 Å². The highest BCUT2D eigenvalue weighted by Crippen LogP contribution is 2.39. The fourth-order valence-corrected chi connectivity index (χ4v) is 7.03. The average molecular weight is 706 g/mol. The van der Waals surface area contributed by atoms with Gasteiger partial charge in [0, 0.05) is 44.2 Å². The molecule has 3 heterocycles. The van der Waals surface area contributed by atoms with E-state index in [1.807, 2.05) is 109 Å². The summed E-state index contributed by atoms with van der Waals surface area (Å²) in [4.78, 5) is 25.4. The van der Waals surface area contributed by atoms with E-state index in [2.05, 4.69) is 78.9 Å². The highest BCUT2D eigenvalue weighted by molar-refractivity contribution is 6.12. The lowest BCUT2D eigenvalue weighted by Gasteiger charge is -2.10. The van der Waals surface area contributed by atoms with Crippen LogP contribution in [0.3, 0.4) is 0 Å². The van der Waals surface area contributed by atoms with E-state index in [0.29, 0.717) is 23.3 Å². The minimum Gasteiger partial charge on any atom is -0.456 e. The Kier molecular flexibility index (Phi) is 8.04. The molecule has 0 unspecified atom stereocenters. The van der Waals surface area contributed by atoms with Gasteiger partial charge in [-0.3, -0.25) is 0 Å². The van der Waals surface area contributed by atoms with Crippen LogP contribution in [-0.2, 0) is 0 Å². The van der Waals surface area contributed by atoms with Gasteiger partial charge in [0.15, 0.2) is 23.3 Å². The molecule has 0 N–H and O–H groups in total. The number of nitrogens with zero attached hydrogens (tertiary/aromatic N) is 5. The van der Waals surface area contributed by atoms with Gasteiger partial charge in [-0.1, -0.05) is 158 Å². The van der Waals surface area contributed by atoms with E-state index in [9.17, 15) is 0 Å². The normalized spacial score (nSPS) is 11.3. The number of fused-ring (bicyclic) bond motifs is 3. The zero-order valence-corrected chi connectivity index (χ0v) is 29.5. The van der Waals surface area contributed by atoms with Crippen molar-refractivity contribution in [3.8, 4) is 79.2 Å². The fraction of sp³-hybridized carbons (Fsp3) is 0. The van der Waals surface area contributed by atoms with Crippen LogP contribution in [0.5, 0.6) is 0 Å². The minimum atomic E-state index is 0.559. The van der Waals surface area contributed by atoms with E-state index in [-0.39, 0.29) is 0 Å². The third kappa shape index (κ3) is 6.22. The lowest BCUT2D eigenvalue weighted by atomic mass is 10.0. The number of hydrogen-bond donors (Lipinski definition) is 0. The molecule has 0 spiro atoms. The van der Waals surface area contributed by atoms with E-state index in [1.165, 1.54) is 0 Å². The maximum atomic E-state index is 6.46. The van der Waals surface area contributed by atoms with Crippen LogP contribution in [0.1, 0.15) is 0 Å². The van der Waals surface area contributed by atoms with E-state index < -0.39 is 0 Å². The first kappa shape index (κ1) is 32.1. The van der Waals surface area contributed by atoms with Gasteiger partial charge in [0.05, 0.1) is 11.4 Å². The van der Waals surface area contributed by atoms with Crippen molar-refractivity contribution in [1.82, 2.24) is 24.9 Å². The van der Waals surface area contributed by atoms with Crippen LogP contribution in [0, 0.1) is 0 Å². The van der Waals surface area contributed by atoms with Crippen LogP contribution in [-0.4, -0.2) is 24.9 Å². The molecule has 0 bridgehead atoms. The lowest BCUT2D eigenvalue weighted by molar-refractivity contribution is 0.669. The Balaban J connectivity index is 1.14. The monoisotopic (exact) mass is 705 g/mol. The first-order valence-electron chi connectivity index (χ1n) is 18.2. The van der Waals surface area contributed by atoms with Crippen LogP contribution in [0.15, 0.2) is 192 Å². The molecule has 6 heteroatoms. The Morgan fingerprint density at radius 1 is 0.291 bits per heavy atom. The topological polar surface area (TPSA) is 77.6 Å². The molecule has 10 aromatic rings. The summed E-state index contributed by atoms with van der Waals surface area (Å²) in [6, 6.07) is 63.4. The van der Waals surface area contributed by atoms with Crippen molar-refractivity contribution in [3.63, 3.8) is 0 Å². The van der Waals surface area contributed by atoms with Crippen molar-refractivity contribution in [1.29, 1.82) is 0 Å². The molecule has 0 aliphatic carbocycles. The molecule has 55 heavy (non-hydrogen) atoms. The van der Waals surface area contributed by atoms with Gasteiger partial charge >= 0.3 is 0 Å². The maximum absolute atomic E-state index is 6.46. The van der Waals surface area contributed by atoms with Gasteiger partial charge in [-0.2, -0.15) is 0 Å². The van der Waals surface area contributed by atoms with Crippen LogP contribution in [0.4, 0.5) is 0 Å². The molecule has 0 fully saturated rings. The van der Waals surface area contributed by atoms with Crippen molar-refractivity contribution >= 4 is 21.9 Å². The second-order valence-corrected chi connectivity index (χ2v) is 13.3. The van der Waals surface area contributed by atoms with E-state index >= 15 is 0 Å². The summed E-state index contributed by atoms with van der Waals surface area (Å²) in [5, 5.41) is 1.84. The van der Waals surface area contributed by atoms with Crippen molar-refractivity contribution in [2.24, 2.45) is 0 Å². The molecule has 258 valence electrons. The van der Waals surface area contributed by atoms with Crippen LogP contribution in [0.25, 0.3) is 101 Å². The molecular weight excluding hydrogens is 675 g/mol. The van der Waals surface area contributed by atoms with Gasteiger partial charge in [-0.15, -0.1) is 0 Å². The molecule has 0 saturated heterocycles. The summed E-state index contributed by atoms with van der Waals surface area (Å²) < 4.78 is 6.46. The largest absolute Gasteiger partial charge is 0.456 e. The van der Waals surface area contributed by atoms with Crippen LogP contribution < -0.4 is 0 Å². The Morgan fingerprint density at radius 3 is 1.35 bits per heavy atom. The molecular formula is C49H31N5O. The standard InChI is InChI=1S/C49H31N5O/c1-5-14-32(15-6-1)33-24-26-37(27-25-33)47-52-46(36-20-11-4-12-21-36)53-49(54-47)39-22-13-23-44-45(39)40-30-38(28-29-43(40)55-44)48-50-41(34-16-7-2-8-17-34)31-42(51-48)35-18-9-3-10-19-35/h1-31H. The quantitative estimate of drug-likeness (QED) is 0.164. The smallest absolute Gasteiger partial charge is 0.164 e. The predicted octanol–water partition coefficient (Wildman–Crippen LogP) is 12.2. The molecule has 0 radical (unpaired) electrons. The van der Waals surface area contributed by atoms with Crippen molar-refractivity contribution < 1.29 is 4.42 Å². The SMILES string of the molecule is c1ccc(-c2ccc(-c3nc(-c4ccccc4)nc(-c4cccc5oc6ccc(-c7nc(-c8ccccc8)cc(-c8ccccc8)n7)cc6c45)n3)cc2)cc1. The minimum absolute atomic E-state index is 0.559. The Bertz CT molecular complexity index is 2890. The second-order valence-electron chi connectivity index (χ2n) is 13.3. The molecule has 0 atom stereocenters.